The van der Waals surface area contributed by atoms with Crippen molar-refractivity contribution in [2.75, 3.05) is 6.29 Å². The SMILES string of the molecule is C=CC(=O)N(Cc1cccc(C)c1)CP(=O)(c1ccccc1)c1ccccc1. The van der Waals surface area contributed by atoms with Crippen LogP contribution >= 0.6 is 7.14 Å². The van der Waals surface area contributed by atoms with Gasteiger partial charge in [0.1, 0.15) is 0 Å². The van der Waals surface area contributed by atoms with Crippen molar-refractivity contribution in [1.29, 1.82) is 0 Å². The van der Waals surface area contributed by atoms with Crippen molar-refractivity contribution in [3.05, 3.63) is 109 Å². The number of hydrogen-bond donors (Lipinski definition) is 0. The van der Waals surface area contributed by atoms with Crippen LogP contribution in [0.1, 0.15) is 11.1 Å². The number of amides is 1. The first-order valence-corrected chi connectivity index (χ1v) is 11.1. The highest BCUT2D eigenvalue weighted by molar-refractivity contribution is 7.78. The maximum absolute atomic E-state index is 14.3. The van der Waals surface area contributed by atoms with Crippen LogP contribution in [0.3, 0.4) is 0 Å². The number of benzene rings is 3. The van der Waals surface area contributed by atoms with E-state index >= 15 is 0 Å². The third kappa shape index (κ3) is 4.49. The Labute approximate surface area is 166 Å². The first-order valence-electron chi connectivity index (χ1n) is 9.20. The molecule has 1 amide bonds. The van der Waals surface area contributed by atoms with Gasteiger partial charge >= 0.3 is 0 Å². The third-order valence-electron chi connectivity index (χ3n) is 4.66. The minimum absolute atomic E-state index is 0.125. The molecule has 0 atom stereocenters. The molecule has 0 heterocycles. The molecule has 0 radical (unpaired) electrons. The molecule has 0 bridgehead atoms. The molecule has 0 saturated carbocycles. The van der Waals surface area contributed by atoms with E-state index in [9.17, 15) is 9.36 Å². The molecule has 0 saturated heterocycles. The van der Waals surface area contributed by atoms with Gasteiger partial charge in [-0.1, -0.05) is 97.1 Å². The van der Waals surface area contributed by atoms with Crippen LogP contribution in [0.25, 0.3) is 0 Å². The van der Waals surface area contributed by atoms with Crippen molar-refractivity contribution >= 4 is 23.7 Å². The van der Waals surface area contributed by atoms with Gasteiger partial charge in [0.15, 0.2) is 7.14 Å². The molecular formula is C24H24NO2P. The van der Waals surface area contributed by atoms with Crippen molar-refractivity contribution in [3.8, 4) is 0 Å². The van der Waals surface area contributed by atoms with Gasteiger partial charge in [-0.3, -0.25) is 4.79 Å². The summed E-state index contributed by atoms with van der Waals surface area (Å²) in [4.78, 5) is 14.3. The second-order valence-electron chi connectivity index (χ2n) is 6.78. The van der Waals surface area contributed by atoms with E-state index in [4.69, 9.17) is 0 Å². The lowest BCUT2D eigenvalue weighted by atomic mass is 10.1. The van der Waals surface area contributed by atoms with Crippen molar-refractivity contribution in [3.63, 3.8) is 0 Å². The normalized spacial score (nSPS) is 11.0. The first kappa shape index (κ1) is 19.9. The van der Waals surface area contributed by atoms with Crippen LogP contribution in [-0.4, -0.2) is 17.1 Å². The summed E-state index contributed by atoms with van der Waals surface area (Å²) in [5.74, 6) is -0.228. The van der Waals surface area contributed by atoms with Gasteiger partial charge in [0.25, 0.3) is 0 Å². The van der Waals surface area contributed by atoms with Gasteiger partial charge in [0.2, 0.25) is 5.91 Å². The molecule has 0 aromatic heterocycles. The smallest absolute Gasteiger partial charge is 0.246 e. The zero-order valence-electron chi connectivity index (χ0n) is 16.0. The van der Waals surface area contributed by atoms with Crippen LogP contribution < -0.4 is 10.6 Å². The molecule has 3 nitrogen and oxygen atoms in total. The summed E-state index contributed by atoms with van der Waals surface area (Å²) in [7, 11) is -3.04. The largest absolute Gasteiger partial charge is 0.327 e. The Morgan fingerprint density at radius 1 is 0.929 bits per heavy atom. The van der Waals surface area contributed by atoms with Gasteiger partial charge < -0.3 is 9.46 Å². The van der Waals surface area contributed by atoms with Gasteiger partial charge in [-0.2, -0.15) is 0 Å². The second kappa shape index (κ2) is 8.86. The Morgan fingerprint density at radius 2 is 1.50 bits per heavy atom. The number of nitrogens with zero attached hydrogens (tertiary/aromatic N) is 1. The highest BCUT2D eigenvalue weighted by atomic mass is 31.2. The van der Waals surface area contributed by atoms with Gasteiger partial charge in [-0.05, 0) is 18.6 Å². The first-order chi connectivity index (χ1) is 13.5. The molecule has 3 aromatic carbocycles. The van der Waals surface area contributed by atoms with E-state index in [1.165, 1.54) is 6.08 Å². The van der Waals surface area contributed by atoms with E-state index in [2.05, 4.69) is 6.58 Å². The third-order valence-corrected chi connectivity index (χ3v) is 7.66. The Hall–Kier alpha value is -2.90. The summed E-state index contributed by atoms with van der Waals surface area (Å²) in [6.07, 6.45) is 1.41. The summed E-state index contributed by atoms with van der Waals surface area (Å²) in [5.41, 5.74) is 2.13. The molecule has 28 heavy (non-hydrogen) atoms. The Balaban J connectivity index is 2.02. The predicted molar refractivity (Wildman–Crippen MR) is 117 cm³/mol. The van der Waals surface area contributed by atoms with Crippen LogP contribution in [0.5, 0.6) is 0 Å². The number of rotatable bonds is 7. The lowest BCUT2D eigenvalue weighted by molar-refractivity contribution is -0.125. The number of carbonyl (C=O) groups is 1. The lowest BCUT2D eigenvalue weighted by Crippen LogP contribution is -2.34. The second-order valence-corrected chi connectivity index (χ2v) is 9.58. The zero-order valence-corrected chi connectivity index (χ0v) is 16.9. The molecule has 0 spiro atoms. The average molecular weight is 389 g/mol. The Morgan fingerprint density at radius 3 is 2.00 bits per heavy atom. The summed E-state index contributed by atoms with van der Waals surface area (Å²) in [6.45, 7) is 6.04. The van der Waals surface area contributed by atoms with E-state index in [-0.39, 0.29) is 12.2 Å². The fraction of sp³-hybridized carbons (Fsp3) is 0.125. The van der Waals surface area contributed by atoms with Crippen molar-refractivity contribution in [2.24, 2.45) is 0 Å². The minimum atomic E-state index is -3.04. The predicted octanol–water partition coefficient (Wildman–Crippen LogP) is 4.48. The zero-order chi connectivity index (χ0) is 20.0. The van der Waals surface area contributed by atoms with Gasteiger partial charge in [-0.25, -0.2) is 0 Å². The number of carbonyl (C=O) groups excluding carboxylic acids is 1. The van der Waals surface area contributed by atoms with Crippen LogP contribution in [0.2, 0.25) is 0 Å². The van der Waals surface area contributed by atoms with Crippen LogP contribution in [0.4, 0.5) is 0 Å². The summed E-state index contributed by atoms with van der Waals surface area (Å²) in [6, 6.07) is 26.8. The molecule has 0 aliphatic rings. The molecule has 4 heteroatoms. The lowest BCUT2D eigenvalue weighted by Gasteiger charge is -2.28. The minimum Gasteiger partial charge on any atom is -0.327 e. The average Bonchev–Trinajstić information content (AvgIpc) is 2.74. The number of hydrogen-bond acceptors (Lipinski definition) is 2. The maximum atomic E-state index is 14.3. The molecule has 0 unspecified atom stereocenters. The van der Waals surface area contributed by atoms with E-state index in [0.29, 0.717) is 6.54 Å². The summed E-state index contributed by atoms with van der Waals surface area (Å²) in [5, 5.41) is 1.49. The summed E-state index contributed by atoms with van der Waals surface area (Å²) < 4.78 is 14.3. The Bertz CT molecular complexity index is 956. The van der Waals surface area contributed by atoms with Crippen molar-refractivity contribution in [1.82, 2.24) is 4.90 Å². The van der Waals surface area contributed by atoms with E-state index in [1.54, 1.807) is 4.90 Å². The highest BCUT2D eigenvalue weighted by Gasteiger charge is 2.31. The van der Waals surface area contributed by atoms with Crippen LogP contribution in [-0.2, 0) is 15.9 Å². The van der Waals surface area contributed by atoms with Crippen LogP contribution in [0.15, 0.2) is 97.6 Å². The molecule has 0 fully saturated rings. The van der Waals surface area contributed by atoms with Crippen molar-refractivity contribution < 1.29 is 9.36 Å². The molecule has 142 valence electrons. The van der Waals surface area contributed by atoms with Gasteiger partial charge in [-0.15, -0.1) is 0 Å². The topological polar surface area (TPSA) is 37.4 Å². The molecule has 0 N–H and O–H groups in total. The van der Waals surface area contributed by atoms with Gasteiger partial charge in [0.05, 0.1) is 6.29 Å². The fourth-order valence-electron chi connectivity index (χ4n) is 3.25. The standard InChI is InChI=1S/C24H24NO2P/c1-3-24(26)25(18-21-12-10-11-20(2)17-21)19-28(27,22-13-6-4-7-14-22)23-15-8-5-9-16-23/h3-17H,1,18-19H2,2H3. The molecule has 0 aliphatic heterocycles. The van der Waals surface area contributed by atoms with Crippen molar-refractivity contribution in [2.45, 2.75) is 13.5 Å². The van der Waals surface area contributed by atoms with E-state index in [1.807, 2.05) is 91.9 Å². The molecule has 0 aliphatic carbocycles. The monoisotopic (exact) mass is 389 g/mol. The van der Waals surface area contributed by atoms with Gasteiger partial charge in [0, 0.05) is 17.2 Å². The highest BCUT2D eigenvalue weighted by Crippen LogP contribution is 2.44. The summed E-state index contributed by atoms with van der Waals surface area (Å²) >= 11 is 0. The van der Waals surface area contributed by atoms with E-state index in [0.717, 1.165) is 21.7 Å². The van der Waals surface area contributed by atoms with E-state index < -0.39 is 7.14 Å². The molecular weight excluding hydrogens is 365 g/mol. The number of aryl methyl sites for hydroxylation is 1. The maximum Gasteiger partial charge on any atom is 0.246 e. The fourth-order valence-corrected chi connectivity index (χ4v) is 5.90. The molecule has 3 aromatic rings. The molecule has 3 rings (SSSR count). The Kier molecular flexibility index (Phi) is 6.28. The van der Waals surface area contributed by atoms with Crippen LogP contribution in [0, 0.1) is 6.92 Å². The quantitative estimate of drug-likeness (QED) is 0.441.